The molecule has 9 heteroatoms. The number of ether oxygens (including phenoxy) is 2. The molecule has 32 heavy (non-hydrogen) atoms. The maximum absolute atomic E-state index is 12.1. The summed E-state index contributed by atoms with van der Waals surface area (Å²) in [6.07, 6.45) is 1.26. The second-order valence-corrected chi connectivity index (χ2v) is 6.79. The van der Waals surface area contributed by atoms with Crippen molar-refractivity contribution in [3.63, 3.8) is 0 Å². The third-order valence-corrected chi connectivity index (χ3v) is 4.62. The Labute approximate surface area is 184 Å². The highest BCUT2D eigenvalue weighted by molar-refractivity contribution is 5.95. The Balaban J connectivity index is 1.80. The lowest BCUT2D eigenvalue weighted by Crippen LogP contribution is -2.17. The second kappa shape index (κ2) is 10.1. The number of phenols is 1. The van der Waals surface area contributed by atoms with Crippen LogP contribution in [0.15, 0.2) is 65.8 Å². The van der Waals surface area contributed by atoms with E-state index >= 15 is 0 Å². The summed E-state index contributed by atoms with van der Waals surface area (Å²) in [5.41, 5.74) is 4.57. The summed E-state index contributed by atoms with van der Waals surface area (Å²) in [5, 5.41) is 24.8. The minimum atomic E-state index is -0.567. The van der Waals surface area contributed by atoms with E-state index < -0.39 is 10.8 Å². The van der Waals surface area contributed by atoms with E-state index in [0.29, 0.717) is 11.1 Å². The predicted molar refractivity (Wildman–Crippen MR) is 118 cm³/mol. The highest BCUT2D eigenvalue weighted by Gasteiger charge is 2.22. The number of rotatable bonds is 8. The van der Waals surface area contributed by atoms with Gasteiger partial charge < -0.3 is 14.6 Å². The van der Waals surface area contributed by atoms with Crippen molar-refractivity contribution in [1.82, 2.24) is 5.43 Å². The van der Waals surface area contributed by atoms with Crippen LogP contribution in [0.1, 0.15) is 27.0 Å². The fourth-order valence-electron chi connectivity index (χ4n) is 2.88. The Hall–Kier alpha value is -4.40. The van der Waals surface area contributed by atoms with Gasteiger partial charge in [0.25, 0.3) is 5.91 Å². The molecule has 0 aromatic heterocycles. The Morgan fingerprint density at radius 3 is 2.56 bits per heavy atom. The molecule has 0 aliphatic rings. The maximum Gasteiger partial charge on any atom is 0.315 e. The molecule has 0 fully saturated rings. The van der Waals surface area contributed by atoms with Crippen molar-refractivity contribution in [1.29, 1.82) is 0 Å². The summed E-state index contributed by atoms with van der Waals surface area (Å²) >= 11 is 0. The minimum Gasteiger partial charge on any atom is -0.508 e. The maximum atomic E-state index is 12.1. The topological polar surface area (TPSA) is 123 Å². The van der Waals surface area contributed by atoms with Gasteiger partial charge in [0, 0.05) is 17.2 Å². The van der Waals surface area contributed by atoms with Gasteiger partial charge in [-0.15, -0.1) is 0 Å². The van der Waals surface area contributed by atoms with Gasteiger partial charge in [0.15, 0.2) is 5.75 Å². The fraction of sp³-hybridized carbons (Fsp3) is 0.130. The smallest absolute Gasteiger partial charge is 0.315 e. The summed E-state index contributed by atoms with van der Waals surface area (Å²) in [6.45, 7) is 2.07. The van der Waals surface area contributed by atoms with Crippen molar-refractivity contribution < 1.29 is 24.3 Å². The van der Waals surface area contributed by atoms with Crippen LogP contribution in [-0.2, 0) is 6.61 Å². The molecule has 0 atom stereocenters. The molecule has 9 nitrogen and oxygen atoms in total. The van der Waals surface area contributed by atoms with Gasteiger partial charge in [0.2, 0.25) is 5.75 Å². The lowest BCUT2D eigenvalue weighted by atomic mass is 10.1. The monoisotopic (exact) mass is 435 g/mol. The van der Waals surface area contributed by atoms with Crippen LogP contribution < -0.4 is 14.9 Å². The number of phenolic OH excluding ortho intramolecular Hbond substituents is 1. The number of nitro benzene ring substituents is 1. The number of hydrogen-bond donors (Lipinski definition) is 2. The molecular formula is C23H21N3O6. The molecule has 1 amide bonds. The number of hydrogen-bond acceptors (Lipinski definition) is 7. The van der Waals surface area contributed by atoms with Crippen LogP contribution in [0.4, 0.5) is 5.69 Å². The van der Waals surface area contributed by atoms with Gasteiger partial charge in [-0.05, 0) is 48.4 Å². The van der Waals surface area contributed by atoms with Crippen LogP contribution >= 0.6 is 0 Å². The molecule has 0 aliphatic heterocycles. The minimum absolute atomic E-state index is 0.00559. The number of nitrogens with zero attached hydrogens (tertiary/aromatic N) is 2. The van der Waals surface area contributed by atoms with Crippen molar-refractivity contribution in [2.24, 2.45) is 5.10 Å². The molecular weight excluding hydrogens is 414 g/mol. The van der Waals surface area contributed by atoms with Gasteiger partial charge in [-0.1, -0.05) is 24.3 Å². The van der Waals surface area contributed by atoms with Crippen LogP contribution in [0, 0.1) is 17.0 Å². The molecule has 164 valence electrons. The molecule has 0 unspecified atom stereocenters. The molecule has 0 bridgehead atoms. The Morgan fingerprint density at radius 1 is 1.19 bits per heavy atom. The molecule has 3 aromatic rings. The first-order chi connectivity index (χ1) is 15.4. The van der Waals surface area contributed by atoms with Crippen LogP contribution in [-0.4, -0.2) is 29.3 Å². The fourth-order valence-corrected chi connectivity index (χ4v) is 2.88. The summed E-state index contributed by atoms with van der Waals surface area (Å²) in [6, 6.07) is 16.0. The zero-order valence-electron chi connectivity index (χ0n) is 17.4. The first kappa shape index (κ1) is 22.3. The Bertz CT molecular complexity index is 1160. The van der Waals surface area contributed by atoms with Crippen LogP contribution in [0.3, 0.4) is 0 Å². The molecule has 0 saturated heterocycles. The number of hydrazone groups is 1. The van der Waals surface area contributed by atoms with E-state index in [1.54, 1.807) is 0 Å². The zero-order chi connectivity index (χ0) is 23.1. The van der Waals surface area contributed by atoms with Gasteiger partial charge in [-0.3, -0.25) is 14.9 Å². The third kappa shape index (κ3) is 5.39. The zero-order valence-corrected chi connectivity index (χ0v) is 17.4. The molecule has 3 aromatic carbocycles. The van der Waals surface area contributed by atoms with Crippen LogP contribution in [0.25, 0.3) is 0 Å². The quantitative estimate of drug-likeness (QED) is 0.314. The number of carbonyl (C=O) groups is 1. The van der Waals surface area contributed by atoms with E-state index in [1.807, 2.05) is 31.2 Å². The molecule has 0 heterocycles. The molecule has 0 spiro atoms. The van der Waals surface area contributed by atoms with E-state index in [1.165, 1.54) is 49.7 Å². The van der Waals surface area contributed by atoms with Gasteiger partial charge in [0.1, 0.15) is 12.4 Å². The molecule has 2 N–H and O–H groups in total. The number of aromatic hydroxyl groups is 1. The number of carbonyl (C=O) groups excluding carboxylic acids is 1. The summed E-state index contributed by atoms with van der Waals surface area (Å²) in [4.78, 5) is 23.2. The molecule has 0 saturated carbocycles. The van der Waals surface area contributed by atoms with Gasteiger partial charge in [0.05, 0.1) is 18.2 Å². The van der Waals surface area contributed by atoms with Gasteiger partial charge in [-0.2, -0.15) is 5.10 Å². The van der Waals surface area contributed by atoms with E-state index in [2.05, 4.69) is 10.5 Å². The number of nitrogens with one attached hydrogen (secondary N) is 1. The Morgan fingerprint density at radius 2 is 1.91 bits per heavy atom. The normalized spacial score (nSPS) is 10.7. The summed E-state index contributed by atoms with van der Waals surface area (Å²) in [5.74, 6) is -0.291. The van der Waals surface area contributed by atoms with Crippen molar-refractivity contribution >= 4 is 17.8 Å². The highest BCUT2D eigenvalue weighted by Crippen LogP contribution is 2.38. The number of benzene rings is 3. The van der Waals surface area contributed by atoms with E-state index in [-0.39, 0.29) is 29.5 Å². The van der Waals surface area contributed by atoms with Crippen molar-refractivity contribution in [3.8, 4) is 17.2 Å². The van der Waals surface area contributed by atoms with Crippen molar-refractivity contribution in [2.75, 3.05) is 7.11 Å². The standard InChI is InChI=1S/C23H21N3O6/c1-15-5-3-4-6-18(15)14-32-22-20(26(29)30)11-16(12-21(22)31-2)13-24-25-23(28)17-7-9-19(27)10-8-17/h3-13,27H,14H2,1-2H3,(H,25,28)/b24-13-. The van der Waals surface area contributed by atoms with E-state index in [9.17, 15) is 20.0 Å². The lowest BCUT2D eigenvalue weighted by Gasteiger charge is -2.13. The highest BCUT2D eigenvalue weighted by atomic mass is 16.6. The summed E-state index contributed by atoms with van der Waals surface area (Å²) < 4.78 is 11.1. The largest absolute Gasteiger partial charge is 0.508 e. The van der Waals surface area contributed by atoms with E-state index in [4.69, 9.17) is 9.47 Å². The van der Waals surface area contributed by atoms with Crippen LogP contribution in [0.5, 0.6) is 17.2 Å². The average Bonchev–Trinajstić information content (AvgIpc) is 2.78. The molecule has 3 rings (SSSR count). The SMILES string of the molecule is COc1cc(/C=N\NC(=O)c2ccc(O)cc2)cc([N+](=O)[O-])c1OCc1ccccc1C. The van der Waals surface area contributed by atoms with Crippen molar-refractivity contribution in [2.45, 2.75) is 13.5 Å². The number of methoxy groups -OCH3 is 1. The number of amides is 1. The average molecular weight is 435 g/mol. The summed E-state index contributed by atoms with van der Waals surface area (Å²) in [7, 11) is 1.38. The van der Waals surface area contributed by atoms with Crippen molar-refractivity contribution in [3.05, 3.63) is 93.0 Å². The number of aryl methyl sites for hydroxylation is 1. The Kier molecular flexibility index (Phi) is 7.02. The second-order valence-electron chi connectivity index (χ2n) is 6.79. The predicted octanol–water partition coefficient (Wildman–Crippen LogP) is 3.96. The lowest BCUT2D eigenvalue weighted by molar-refractivity contribution is -0.386. The third-order valence-electron chi connectivity index (χ3n) is 4.62. The molecule has 0 radical (unpaired) electrons. The molecule has 0 aliphatic carbocycles. The van der Waals surface area contributed by atoms with E-state index in [0.717, 1.165) is 11.1 Å². The van der Waals surface area contributed by atoms with Crippen LogP contribution in [0.2, 0.25) is 0 Å². The first-order valence-electron chi connectivity index (χ1n) is 9.55. The number of nitro groups is 1. The van der Waals surface area contributed by atoms with Gasteiger partial charge >= 0.3 is 5.69 Å². The first-order valence-corrected chi connectivity index (χ1v) is 9.55. The van der Waals surface area contributed by atoms with Gasteiger partial charge in [-0.25, -0.2) is 5.43 Å².